The van der Waals surface area contributed by atoms with E-state index in [0.717, 1.165) is 28.0 Å². The summed E-state index contributed by atoms with van der Waals surface area (Å²) in [6.45, 7) is 4.80. The molecule has 1 aliphatic heterocycles. The Hall–Kier alpha value is -0.310. The van der Waals surface area contributed by atoms with Crippen molar-refractivity contribution in [2.75, 3.05) is 28.7 Å². The Bertz CT molecular complexity index is 541. The van der Waals surface area contributed by atoms with E-state index >= 15 is 0 Å². The van der Waals surface area contributed by atoms with Gasteiger partial charge in [0.25, 0.3) is 0 Å². The molecule has 1 fully saturated rings. The summed E-state index contributed by atoms with van der Waals surface area (Å²) in [7, 11) is -3.09. The second kappa shape index (κ2) is 5.99. The molecule has 5 nitrogen and oxygen atoms in total. The van der Waals surface area contributed by atoms with Crippen LogP contribution in [0.4, 0.5) is 5.13 Å². The van der Waals surface area contributed by atoms with Crippen LogP contribution in [-0.4, -0.2) is 42.6 Å². The van der Waals surface area contributed by atoms with Crippen molar-refractivity contribution < 1.29 is 8.42 Å². The summed E-state index contributed by atoms with van der Waals surface area (Å²) in [5.41, 5.74) is 6.58. The molecule has 1 saturated heterocycles. The molecule has 1 aliphatic rings. The molecule has 8 heteroatoms. The van der Waals surface area contributed by atoms with Crippen molar-refractivity contribution in [2.24, 2.45) is 5.73 Å². The summed E-state index contributed by atoms with van der Waals surface area (Å²) in [4.78, 5) is 7.46. The number of anilines is 1. The van der Waals surface area contributed by atoms with E-state index in [9.17, 15) is 8.42 Å². The monoisotopic (exact) mass is 321 g/mol. The van der Waals surface area contributed by atoms with Crippen LogP contribution in [0.1, 0.15) is 17.5 Å². The van der Waals surface area contributed by atoms with Crippen LogP contribution in [-0.2, 0) is 16.4 Å². The summed E-state index contributed by atoms with van der Waals surface area (Å²) in [6, 6.07) is 0. The maximum Gasteiger partial charge on any atom is 0.186 e. The van der Waals surface area contributed by atoms with Crippen LogP contribution in [0.5, 0.6) is 0 Å². The number of aromatic nitrogens is 1. The van der Waals surface area contributed by atoms with Gasteiger partial charge in [0, 0.05) is 35.2 Å². The zero-order valence-electron chi connectivity index (χ0n) is 11.1. The van der Waals surface area contributed by atoms with Crippen LogP contribution in [0.3, 0.4) is 0 Å². The first kappa shape index (κ1) is 15.1. The van der Waals surface area contributed by atoms with Crippen LogP contribution >= 0.6 is 23.1 Å². The summed E-state index contributed by atoms with van der Waals surface area (Å²) >= 11 is 3.20. The summed E-state index contributed by atoms with van der Waals surface area (Å²) < 4.78 is 24.4. The lowest BCUT2D eigenvalue weighted by Crippen LogP contribution is -2.48. The molecule has 1 aromatic heterocycles. The van der Waals surface area contributed by atoms with Gasteiger partial charge in [0.1, 0.15) is 5.37 Å². The number of hydrogen-bond donors (Lipinski definition) is 1. The van der Waals surface area contributed by atoms with Gasteiger partial charge in [0.2, 0.25) is 0 Å². The Labute approximate surface area is 122 Å². The van der Waals surface area contributed by atoms with Gasteiger partial charge >= 0.3 is 0 Å². The quantitative estimate of drug-likeness (QED) is 0.899. The molecule has 1 unspecified atom stereocenters. The number of thiazole rings is 1. The molecule has 1 atom stereocenters. The van der Waals surface area contributed by atoms with Crippen LogP contribution in [0.2, 0.25) is 0 Å². The Morgan fingerprint density at radius 1 is 1.53 bits per heavy atom. The highest BCUT2D eigenvalue weighted by atomic mass is 32.2. The Morgan fingerprint density at radius 2 is 2.26 bits per heavy atom. The van der Waals surface area contributed by atoms with Crippen molar-refractivity contribution in [1.29, 1.82) is 0 Å². The highest BCUT2D eigenvalue weighted by molar-refractivity contribution is 8.01. The van der Waals surface area contributed by atoms with Gasteiger partial charge in [-0.3, -0.25) is 0 Å². The second-order valence-corrected chi connectivity index (χ2v) is 9.04. The Morgan fingerprint density at radius 3 is 2.84 bits per heavy atom. The van der Waals surface area contributed by atoms with Gasteiger partial charge in [0.05, 0.1) is 5.69 Å². The summed E-state index contributed by atoms with van der Waals surface area (Å²) in [5.74, 6) is 1.72. The van der Waals surface area contributed by atoms with Crippen LogP contribution < -0.4 is 10.6 Å². The van der Waals surface area contributed by atoms with Crippen molar-refractivity contribution >= 4 is 38.1 Å². The number of thioether (sulfide) groups is 1. The molecule has 2 heterocycles. The van der Waals surface area contributed by atoms with Gasteiger partial charge in [-0.05, 0) is 6.92 Å². The van der Waals surface area contributed by atoms with Gasteiger partial charge in [-0.2, -0.15) is 11.8 Å². The van der Waals surface area contributed by atoms with Crippen molar-refractivity contribution in [3.8, 4) is 0 Å². The lowest BCUT2D eigenvalue weighted by molar-refractivity contribution is 0.579. The van der Waals surface area contributed by atoms with Gasteiger partial charge < -0.3 is 10.6 Å². The molecular weight excluding hydrogens is 302 g/mol. The van der Waals surface area contributed by atoms with E-state index in [2.05, 4.69) is 4.98 Å². The van der Waals surface area contributed by atoms with Crippen LogP contribution in [0.25, 0.3) is 0 Å². The second-order valence-electron chi connectivity index (χ2n) is 4.38. The minimum atomic E-state index is -3.09. The van der Waals surface area contributed by atoms with E-state index in [1.807, 2.05) is 11.8 Å². The largest absolute Gasteiger partial charge is 0.329 e. The third-order valence-corrected chi connectivity index (χ3v) is 7.72. The lowest BCUT2D eigenvalue weighted by Gasteiger charge is -2.34. The van der Waals surface area contributed by atoms with Crippen molar-refractivity contribution in [2.45, 2.75) is 25.8 Å². The first-order valence-electron chi connectivity index (χ1n) is 6.22. The molecule has 0 bridgehead atoms. The van der Waals surface area contributed by atoms with Gasteiger partial charge in [-0.25, -0.2) is 13.4 Å². The molecule has 0 spiro atoms. The predicted octanol–water partition coefficient (Wildman–Crippen LogP) is 1.22. The van der Waals surface area contributed by atoms with Gasteiger partial charge in [-0.15, -0.1) is 11.3 Å². The number of hydrogen-bond acceptors (Lipinski definition) is 7. The maximum absolute atomic E-state index is 12.2. The number of nitrogens with zero attached hydrogens (tertiary/aromatic N) is 2. The predicted molar refractivity (Wildman–Crippen MR) is 82.7 cm³/mol. The fourth-order valence-electron chi connectivity index (χ4n) is 2.01. The first-order chi connectivity index (χ1) is 8.99. The Balaban J connectivity index is 2.34. The number of nitrogens with two attached hydrogens (primary N) is 1. The number of sulfone groups is 1. The molecule has 2 N–H and O–H groups in total. The van der Waals surface area contributed by atoms with E-state index in [4.69, 9.17) is 5.73 Å². The molecule has 1 aromatic rings. The van der Waals surface area contributed by atoms with Gasteiger partial charge in [-0.1, -0.05) is 6.92 Å². The third-order valence-electron chi connectivity index (χ3n) is 3.21. The summed E-state index contributed by atoms with van der Waals surface area (Å²) in [5, 5.41) is 0.340. The van der Waals surface area contributed by atoms with Crippen molar-refractivity contribution in [3.05, 3.63) is 10.6 Å². The molecule has 0 aliphatic carbocycles. The summed E-state index contributed by atoms with van der Waals surface area (Å²) in [6.07, 6.45) is 0. The molecule has 0 radical (unpaired) electrons. The topological polar surface area (TPSA) is 76.3 Å². The van der Waals surface area contributed by atoms with E-state index in [1.54, 1.807) is 18.7 Å². The van der Waals surface area contributed by atoms with E-state index in [0.29, 0.717) is 12.3 Å². The minimum absolute atomic E-state index is 0.169. The van der Waals surface area contributed by atoms with Crippen LogP contribution in [0, 0.1) is 6.92 Å². The molecule has 0 saturated carbocycles. The SMILES string of the molecule is CCS(=O)(=O)C1CSCCN1c1nc(C)c(CN)s1. The molecular formula is C11H19N3O2S3. The molecule has 2 rings (SSSR count). The first-order valence-corrected chi connectivity index (χ1v) is 9.90. The van der Waals surface area contributed by atoms with Gasteiger partial charge in [0.15, 0.2) is 15.0 Å². The van der Waals surface area contributed by atoms with Crippen molar-refractivity contribution in [3.63, 3.8) is 0 Å². The highest BCUT2D eigenvalue weighted by Gasteiger charge is 2.34. The zero-order valence-corrected chi connectivity index (χ0v) is 13.6. The number of aryl methyl sites for hydroxylation is 1. The standard InChI is InChI=1S/C11H19N3O2S3/c1-3-19(15,16)10-7-17-5-4-14(10)11-13-8(2)9(6-12)18-11/h10H,3-7,12H2,1-2H3. The highest BCUT2D eigenvalue weighted by Crippen LogP contribution is 2.32. The molecule has 0 aromatic carbocycles. The van der Waals surface area contributed by atoms with Crippen molar-refractivity contribution in [1.82, 2.24) is 4.98 Å². The Kier molecular flexibility index (Phi) is 4.75. The zero-order chi connectivity index (χ0) is 14.0. The average molecular weight is 321 g/mol. The molecule has 19 heavy (non-hydrogen) atoms. The normalized spacial score (nSPS) is 20.8. The fraction of sp³-hybridized carbons (Fsp3) is 0.727. The molecule has 0 amide bonds. The lowest BCUT2D eigenvalue weighted by atomic mass is 10.4. The van der Waals surface area contributed by atoms with Crippen LogP contribution in [0.15, 0.2) is 0 Å². The minimum Gasteiger partial charge on any atom is -0.329 e. The van der Waals surface area contributed by atoms with E-state index in [-0.39, 0.29) is 5.75 Å². The molecule has 108 valence electrons. The smallest absolute Gasteiger partial charge is 0.186 e. The number of rotatable bonds is 4. The van der Waals surface area contributed by atoms with E-state index < -0.39 is 15.2 Å². The third kappa shape index (κ3) is 3.07. The maximum atomic E-state index is 12.2. The fourth-order valence-corrected chi connectivity index (χ4v) is 6.07. The van der Waals surface area contributed by atoms with E-state index in [1.165, 1.54) is 11.3 Å². The average Bonchev–Trinajstić information content (AvgIpc) is 2.80.